The van der Waals surface area contributed by atoms with Crippen molar-refractivity contribution in [3.63, 3.8) is 0 Å². The Labute approximate surface area is 162 Å². The van der Waals surface area contributed by atoms with Crippen molar-refractivity contribution in [3.05, 3.63) is 58.1 Å². The van der Waals surface area contributed by atoms with Crippen molar-refractivity contribution in [1.29, 1.82) is 0 Å². The molecular weight excluding hydrogens is 364 g/mol. The molecule has 0 saturated heterocycles. The van der Waals surface area contributed by atoms with Gasteiger partial charge in [0, 0.05) is 19.1 Å². The van der Waals surface area contributed by atoms with Gasteiger partial charge in [0.05, 0.1) is 37.3 Å². The zero-order valence-electron chi connectivity index (χ0n) is 15.8. The van der Waals surface area contributed by atoms with E-state index in [-0.39, 0.29) is 24.6 Å². The minimum atomic E-state index is -0.404. The van der Waals surface area contributed by atoms with E-state index in [9.17, 15) is 14.9 Å². The largest absolute Gasteiger partial charge is 0.490 e. The fraction of sp³-hybridized carbons (Fsp3) is 0.350. The molecule has 2 aromatic carbocycles. The summed E-state index contributed by atoms with van der Waals surface area (Å²) >= 11 is 0. The summed E-state index contributed by atoms with van der Waals surface area (Å²) < 4.78 is 15.6. The zero-order valence-corrected chi connectivity index (χ0v) is 15.8. The van der Waals surface area contributed by atoms with E-state index in [4.69, 9.17) is 14.2 Å². The second-order valence-electron chi connectivity index (χ2n) is 6.41. The number of fused-ring (bicyclic) bond motifs is 1. The summed E-state index contributed by atoms with van der Waals surface area (Å²) in [4.78, 5) is 25.0. The van der Waals surface area contributed by atoms with Gasteiger partial charge in [-0.2, -0.15) is 0 Å². The lowest BCUT2D eigenvalue weighted by atomic mass is 9.95. The quantitative estimate of drug-likeness (QED) is 0.409. The van der Waals surface area contributed by atoms with Gasteiger partial charge in [0.2, 0.25) is 0 Å². The molecule has 1 atom stereocenters. The van der Waals surface area contributed by atoms with Crippen molar-refractivity contribution in [1.82, 2.24) is 0 Å². The van der Waals surface area contributed by atoms with E-state index in [1.807, 2.05) is 29.2 Å². The zero-order chi connectivity index (χ0) is 20.1. The van der Waals surface area contributed by atoms with Crippen LogP contribution in [0.1, 0.15) is 17.9 Å². The summed E-state index contributed by atoms with van der Waals surface area (Å²) in [5.41, 5.74) is 1.90. The highest BCUT2D eigenvalue weighted by Crippen LogP contribution is 2.41. The van der Waals surface area contributed by atoms with Crippen LogP contribution in [0.25, 0.3) is 0 Å². The number of methoxy groups -OCH3 is 2. The molecule has 0 saturated carbocycles. The Morgan fingerprint density at radius 2 is 2.04 bits per heavy atom. The van der Waals surface area contributed by atoms with Crippen molar-refractivity contribution in [2.24, 2.45) is 0 Å². The number of nitrogens with zero attached hydrogens (tertiary/aromatic N) is 2. The lowest BCUT2D eigenvalue weighted by Crippen LogP contribution is -2.29. The van der Waals surface area contributed by atoms with Crippen molar-refractivity contribution in [2.75, 3.05) is 38.9 Å². The molecule has 0 spiro atoms. The molecule has 3 rings (SSSR count). The van der Waals surface area contributed by atoms with Crippen LogP contribution in [-0.2, 0) is 14.3 Å². The number of rotatable bonds is 7. The Kier molecular flexibility index (Phi) is 6.10. The maximum absolute atomic E-state index is 11.8. The number of carbonyl (C=O) groups is 1. The summed E-state index contributed by atoms with van der Waals surface area (Å²) in [7, 11) is 2.84. The average molecular weight is 386 g/mol. The first kappa shape index (κ1) is 19.6. The topological polar surface area (TPSA) is 91.1 Å². The predicted molar refractivity (Wildman–Crippen MR) is 103 cm³/mol. The highest BCUT2D eigenvalue weighted by atomic mass is 16.6. The van der Waals surface area contributed by atoms with Crippen molar-refractivity contribution >= 4 is 23.0 Å². The molecule has 0 aliphatic carbocycles. The SMILES string of the molecule is COC[C@H](CC(=O)OC)c1ccc(N2CCOc3ccccc32)c([N+](=O)[O-])c1. The molecule has 0 unspecified atom stereocenters. The highest BCUT2D eigenvalue weighted by molar-refractivity contribution is 5.77. The lowest BCUT2D eigenvalue weighted by molar-refractivity contribution is -0.384. The average Bonchev–Trinajstić information content (AvgIpc) is 2.72. The first-order valence-electron chi connectivity index (χ1n) is 8.88. The maximum Gasteiger partial charge on any atom is 0.306 e. The number of nitro groups is 1. The van der Waals surface area contributed by atoms with E-state index in [1.165, 1.54) is 20.3 Å². The Morgan fingerprint density at radius 3 is 2.75 bits per heavy atom. The third kappa shape index (κ3) is 4.07. The van der Waals surface area contributed by atoms with Crippen molar-refractivity contribution in [2.45, 2.75) is 12.3 Å². The molecular formula is C20H22N2O6. The first-order chi connectivity index (χ1) is 13.5. The lowest BCUT2D eigenvalue weighted by Gasteiger charge is -2.31. The summed E-state index contributed by atoms with van der Waals surface area (Å²) in [6.07, 6.45) is 0.0846. The molecule has 0 amide bonds. The van der Waals surface area contributed by atoms with Gasteiger partial charge < -0.3 is 19.1 Å². The van der Waals surface area contributed by atoms with E-state index >= 15 is 0 Å². The van der Waals surface area contributed by atoms with Crippen LogP contribution < -0.4 is 9.64 Å². The Balaban J connectivity index is 2.01. The van der Waals surface area contributed by atoms with Crippen molar-refractivity contribution in [3.8, 4) is 5.75 Å². The van der Waals surface area contributed by atoms with Gasteiger partial charge in [0.1, 0.15) is 18.0 Å². The summed E-state index contributed by atoms with van der Waals surface area (Å²) in [6, 6.07) is 12.5. The van der Waals surface area contributed by atoms with E-state index in [1.54, 1.807) is 12.1 Å². The van der Waals surface area contributed by atoms with Gasteiger partial charge in [-0.15, -0.1) is 0 Å². The molecule has 8 nitrogen and oxygen atoms in total. The predicted octanol–water partition coefficient (Wildman–Crippen LogP) is 3.42. The molecule has 28 heavy (non-hydrogen) atoms. The van der Waals surface area contributed by atoms with E-state index < -0.39 is 10.9 Å². The second kappa shape index (κ2) is 8.71. The number of carbonyl (C=O) groups excluding carboxylic acids is 1. The van der Waals surface area contributed by atoms with E-state index in [2.05, 4.69) is 0 Å². The Morgan fingerprint density at radius 1 is 1.25 bits per heavy atom. The van der Waals surface area contributed by atoms with Crippen LogP contribution >= 0.6 is 0 Å². The maximum atomic E-state index is 11.8. The molecule has 2 aromatic rings. The molecule has 0 N–H and O–H groups in total. The van der Waals surface area contributed by atoms with E-state index in [0.29, 0.717) is 30.2 Å². The normalized spacial score (nSPS) is 14.0. The number of anilines is 2. The molecule has 1 heterocycles. The van der Waals surface area contributed by atoms with Gasteiger partial charge in [-0.3, -0.25) is 14.9 Å². The molecule has 148 valence electrons. The third-order valence-corrected chi connectivity index (χ3v) is 4.70. The van der Waals surface area contributed by atoms with Crippen LogP contribution in [0, 0.1) is 10.1 Å². The number of ether oxygens (including phenoxy) is 3. The third-order valence-electron chi connectivity index (χ3n) is 4.70. The van der Waals surface area contributed by atoms with Crippen LogP contribution in [0.2, 0.25) is 0 Å². The molecule has 1 aliphatic rings. The standard InChI is InChI=1S/C20H22N2O6/c1-26-13-15(12-20(23)27-2)14-7-8-16(18(11-14)22(24)25)21-9-10-28-19-6-4-3-5-17(19)21/h3-8,11,15H,9-10,12-13H2,1-2H3/t15-/m0/s1. The summed E-state index contributed by atoms with van der Waals surface area (Å²) in [5, 5.41) is 11.8. The summed E-state index contributed by atoms with van der Waals surface area (Å²) in [6.45, 7) is 1.19. The number of para-hydroxylation sites is 2. The first-order valence-corrected chi connectivity index (χ1v) is 8.88. The monoisotopic (exact) mass is 386 g/mol. The molecule has 0 aromatic heterocycles. The van der Waals surface area contributed by atoms with Crippen LogP contribution in [0.3, 0.4) is 0 Å². The number of hydrogen-bond acceptors (Lipinski definition) is 7. The Bertz CT molecular complexity index is 870. The minimum absolute atomic E-state index is 0.0276. The van der Waals surface area contributed by atoms with Crippen LogP contribution in [-0.4, -0.2) is 44.9 Å². The smallest absolute Gasteiger partial charge is 0.306 e. The van der Waals surface area contributed by atoms with Gasteiger partial charge in [0.15, 0.2) is 0 Å². The number of esters is 1. The van der Waals surface area contributed by atoms with Gasteiger partial charge in [-0.25, -0.2) is 0 Å². The van der Waals surface area contributed by atoms with Gasteiger partial charge in [-0.1, -0.05) is 18.2 Å². The Hall–Kier alpha value is -3.13. The van der Waals surface area contributed by atoms with Crippen LogP contribution in [0.5, 0.6) is 5.75 Å². The van der Waals surface area contributed by atoms with Gasteiger partial charge >= 0.3 is 5.97 Å². The minimum Gasteiger partial charge on any atom is -0.490 e. The summed E-state index contributed by atoms with van der Waals surface area (Å²) in [5.74, 6) is -0.0341. The van der Waals surface area contributed by atoms with E-state index in [0.717, 1.165) is 5.69 Å². The molecule has 0 fully saturated rings. The van der Waals surface area contributed by atoms with Crippen LogP contribution in [0.15, 0.2) is 42.5 Å². The molecule has 0 radical (unpaired) electrons. The molecule has 0 bridgehead atoms. The second-order valence-corrected chi connectivity index (χ2v) is 6.41. The number of nitro benzene ring substituents is 1. The molecule has 8 heteroatoms. The fourth-order valence-electron chi connectivity index (χ4n) is 3.35. The molecule has 1 aliphatic heterocycles. The van der Waals surface area contributed by atoms with Crippen LogP contribution in [0.4, 0.5) is 17.1 Å². The number of benzene rings is 2. The van der Waals surface area contributed by atoms with Gasteiger partial charge in [-0.05, 0) is 23.8 Å². The van der Waals surface area contributed by atoms with Gasteiger partial charge in [0.25, 0.3) is 5.69 Å². The van der Waals surface area contributed by atoms with Crippen molar-refractivity contribution < 1.29 is 23.9 Å². The fourth-order valence-corrected chi connectivity index (χ4v) is 3.35. The highest BCUT2D eigenvalue weighted by Gasteiger charge is 2.27. The number of hydrogen-bond donors (Lipinski definition) is 0.